The van der Waals surface area contributed by atoms with Crippen LogP contribution in [0.15, 0.2) is 6.20 Å². The molecule has 4 aliphatic rings. The molecule has 0 atom stereocenters. The van der Waals surface area contributed by atoms with Crippen molar-refractivity contribution in [3.05, 3.63) is 17.6 Å². The minimum atomic E-state index is 0.513. The van der Waals surface area contributed by atoms with Crippen LogP contribution in [0, 0.1) is 0 Å². The number of nitrogens with zero attached hydrogens (tertiary/aromatic N) is 6. The average molecular weight is 402 g/mol. The molecule has 0 unspecified atom stereocenters. The van der Waals surface area contributed by atoms with Gasteiger partial charge in [-0.3, -0.25) is 14.8 Å². The van der Waals surface area contributed by atoms with Crippen LogP contribution in [0.5, 0.6) is 0 Å². The first-order valence-corrected chi connectivity index (χ1v) is 11.2. The lowest BCUT2D eigenvalue weighted by molar-refractivity contribution is -0.549. The van der Waals surface area contributed by atoms with Crippen LogP contribution in [-0.4, -0.2) is 107 Å². The topological polar surface area (TPSA) is 68.0 Å². The lowest BCUT2D eigenvalue weighted by atomic mass is 9.91. The van der Waals surface area contributed by atoms with Gasteiger partial charge in [-0.1, -0.05) is 6.42 Å². The number of anilines is 1. The van der Waals surface area contributed by atoms with E-state index in [-0.39, 0.29) is 0 Å². The number of aromatic nitrogens is 2. The molecule has 1 aromatic rings. The van der Waals surface area contributed by atoms with Gasteiger partial charge in [0.1, 0.15) is 12.4 Å². The van der Waals surface area contributed by atoms with E-state index in [1.807, 2.05) is 6.20 Å². The largest absolute Gasteiger partial charge is 0.463 e. The number of hydrogen-bond acceptors (Lipinski definition) is 6. The summed E-state index contributed by atoms with van der Waals surface area (Å²) in [5.74, 6) is 1.47. The van der Waals surface area contributed by atoms with Crippen LogP contribution < -0.4 is 4.90 Å². The first kappa shape index (κ1) is 19.2. The first-order chi connectivity index (χ1) is 14.3. The Hall–Kier alpha value is -1.77. The first-order valence-electron chi connectivity index (χ1n) is 11.2. The summed E-state index contributed by atoms with van der Waals surface area (Å²) in [4.78, 5) is 16.7. The Labute approximate surface area is 172 Å². The molecular weight excluding hydrogens is 368 g/mol. The van der Waals surface area contributed by atoms with E-state index in [1.165, 1.54) is 19.3 Å². The highest BCUT2D eigenvalue weighted by Crippen LogP contribution is 2.25. The fraction of sp³-hybridized carbons (Fsp3) is 0.762. The Balaban J connectivity index is 1.20. The molecule has 8 nitrogen and oxygen atoms in total. The molecule has 8 heteroatoms. The molecule has 1 aromatic heterocycles. The molecule has 2 saturated heterocycles. The molecule has 4 heterocycles. The van der Waals surface area contributed by atoms with Gasteiger partial charge in [0.2, 0.25) is 0 Å². The third-order valence-electron chi connectivity index (χ3n) is 6.93. The molecule has 0 aromatic carbocycles. The summed E-state index contributed by atoms with van der Waals surface area (Å²) >= 11 is 0. The third kappa shape index (κ3) is 4.25. The highest BCUT2D eigenvalue weighted by Gasteiger charge is 2.31. The van der Waals surface area contributed by atoms with Crippen molar-refractivity contribution < 1.29 is 14.4 Å². The summed E-state index contributed by atoms with van der Waals surface area (Å²) in [5.41, 5.74) is 2.16. The van der Waals surface area contributed by atoms with E-state index in [9.17, 15) is 5.11 Å². The fourth-order valence-electron chi connectivity index (χ4n) is 4.81. The van der Waals surface area contributed by atoms with Crippen molar-refractivity contribution in [1.82, 2.24) is 19.8 Å². The van der Waals surface area contributed by atoms with Gasteiger partial charge in [0, 0.05) is 38.6 Å². The quantitative estimate of drug-likeness (QED) is 0.582. The Morgan fingerprint density at radius 3 is 2.62 bits per heavy atom. The van der Waals surface area contributed by atoms with E-state index in [4.69, 9.17) is 9.72 Å². The Morgan fingerprint density at radius 1 is 1.10 bits per heavy atom. The van der Waals surface area contributed by atoms with Gasteiger partial charge in [0.25, 0.3) is 0 Å². The summed E-state index contributed by atoms with van der Waals surface area (Å²) in [6.45, 7) is 9.56. The second kappa shape index (κ2) is 8.53. The van der Waals surface area contributed by atoms with Crippen LogP contribution in [0.1, 0.15) is 30.7 Å². The number of ether oxygens (including phenoxy) is 1. The Kier molecular flexibility index (Phi) is 5.65. The molecule has 0 radical (unpaired) electrons. The molecule has 0 spiro atoms. The zero-order valence-electron chi connectivity index (χ0n) is 17.3. The van der Waals surface area contributed by atoms with Crippen LogP contribution in [0.4, 0.5) is 5.82 Å². The maximum atomic E-state index is 10.8. The Morgan fingerprint density at radius 2 is 1.90 bits per heavy atom. The van der Waals surface area contributed by atoms with Crippen molar-refractivity contribution in [1.29, 1.82) is 0 Å². The number of hydrogen-bond donors (Lipinski definition) is 1. The maximum absolute atomic E-state index is 10.8. The van der Waals surface area contributed by atoms with Crippen molar-refractivity contribution in [3.8, 4) is 0 Å². The minimum absolute atomic E-state index is 0.513. The summed E-state index contributed by atoms with van der Waals surface area (Å²) < 4.78 is 7.61. The molecule has 0 amide bonds. The number of fused-ring (bicyclic) bond motifs is 1. The molecule has 1 saturated carbocycles. The van der Waals surface area contributed by atoms with Crippen LogP contribution >= 0.6 is 0 Å². The molecule has 158 valence electrons. The van der Waals surface area contributed by atoms with Crippen molar-refractivity contribution in [2.45, 2.75) is 38.3 Å². The molecule has 0 bridgehead atoms. The monoisotopic (exact) mass is 401 g/mol. The molecular formula is C21H33N6O2+. The van der Waals surface area contributed by atoms with Gasteiger partial charge in [-0.2, -0.15) is 4.58 Å². The molecule has 1 N–H and O–H groups in total. The van der Waals surface area contributed by atoms with Gasteiger partial charge < -0.3 is 14.7 Å². The molecule has 29 heavy (non-hydrogen) atoms. The second-order valence-corrected chi connectivity index (χ2v) is 8.71. The van der Waals surface area contributed by atoms with E-state index >= 15 is 0 Å². The van der Waals surface area contributed by atoms with Crippen molar-refractivity contribution in [2.24, 2.45) is 0 Å². The number of aliphatic hydroxyl groups excluding tert-OH is 1. The van der Waals surface area contributed by atoms with Crippen LogP contribution in [0.3, 0.4) is 0 Å². The lowest BCUT2D eigenvalue weighted by Gasteiger charge is -2.38. The second-order valence-electron chi connectivity index (χ2n) is 8.71. The van der Waals surface area contributed by atoms with Gasteiger partial charge in [-0.05, 0) is 12.8 Å². The average Bonchev–Trinajstić information content (AvgIpc) is 2.73. The smallest absolute Gasteiger partial charge is 0.348 e. The van der Waals surface area contributed by atoms with E-state index in [1.54, 1.807) is 0 Å². The number of morpholine rings is 1. The molecule has 5 rings (SSSR count). The van der Waals surface area contributed by atoms with E-state index < -0.39 is 0 Å². The summed E-state index contributed by atoms with van der Waals surface area (Å²) in [6.07, 6.45) is 6.90. The lowest BCUT2D eigenvalue weighted by Crippen LogP contribution is -2.51. The summed E-state index contributed by atoms with van der Waals surface area (Å²) in [7, 11) is 0. The van der Waals surface area contributed by atoms with Crippen molar-refractivity contribution in [2.75, 3.05) is 70.5 Å². The number of piperazine rings is 1. The molecule has 3 fully saturated rings. The minimum Gasteiger partial charge on any atom is -0.463 e. The number of aliphatic hydroxyl groups is 1. The maximum Gasteiger partial charge on any atom is 0.348 e. The van der Waals surface area contributed by atoms with Crippen molar-refractivity contribution in [3.63, 3.8) is 0 Å². The summed E-state index contributed by atoms with van der Waals surface area (Å²) in [5, 5.41) is 10.8. The van der Waals surface area contributed by atoms with Gasteiger partial charge in [-0.25, -0.2) is 4.98 Å². The van der Waals surface area contributed by atoms with Gasteiger partial charge >= 0.3 is 5.90 Å². The standard InChI is InChI=1S/C21H32N6O2/c28-21(27-8-6-25(7-9-27)17-2-1-3-17)16-24-5-4-18-19(15-24)23-20(14-22-18)26-10-12-29-13-11-26/h14,17H,1-13,15-16H2/p+1. The van der Waals surface area contributed by atoms with E-state index in [0.29, 0.717) is 12.4 Å². The van der Waals surface area contributed by atoms with Gasteiger partial charge in [0.15, 0.2) is 13.1 Å². The fourth-order valence-corrected chi connectivity index (χ4v) is 4.81. The normalized spacial score (nSPS) is 24.3. The van der Waals surface area contributed by atoms with E-state index in [2.05, 4.69) is 24.3 Å². The van der Waals surface area contributed by atoms with Crippen LogP contribution in [-0.2, 0) is 17.7 Å². The van der Waals surface area contributed by atoms with Crippen LogP contribution in [0.25, 0.3) is 0 Å². The van der Waals surface area contributed by atoms with Gasteiger partial charge in [0.05, 0.1) is 43.9 Å². The van der Waals surface area contributed by atoms with Crippen molar-refractivity contribution >= 4 is 11.7 Å². The van der Waals surface area contributed by atoms with Crippen LogP contribution in [0.2, 0.25) is 0 Å². The predicted molar refractivity (Wildman–Crippen MR) is 111 cm³/mol. The number of rotatable bonds is 4. The van der Waals surface area contributed by atoms with Gasteiger partial charge in [-0.15, -0.1) is 0 Å². The molecule has 1 aliphatic carbocycles. The zero-order chi connectivity index (χ0) is 19.6. The predicted octanol–water partition coefficient (Wildman–Crippen LogP) is 0.508. The Bertz CT molecular complexity index is 750. The van der Waals surface area contributed by atoms with E-state index in [0.717, 1.165) is 95.2 Å². The summed E-state index contributed by atoms with van der Waals surface area (Å²) in [6, 6.07) is 0.803. The third-order valence-corrected chi connectivity index (χ3v) is 6.93. The SMILES string of the molecule is OC(CN1CCc2ncc(N3CCOCC3)nc2C1)=[N+]1CCN(C2CCC2)CC1. The zero-order valence-corrected chi connectivity index (χ0v) is 17.3. The highest BCUT2D eigenvalue weighted by atomic mass is 16.5. The highest BCUT2D eigenvalue weighted by molar-refractivity contribution is 5.70. The molecule has 3 aliphatic heterocycles.